The van der Waals surface area contributed by atoms with E-state index >= 15 is 0 Å². The number of rotatable bonds is 5. The summed E-state index contributed by atoms with van der Waals surface area (Å²) < 4.78 is 0. The van der Waals surface area contributed by atoms with E-state index in [0.29, 0.717) is 11.8 Å². The predicted molar refractivity (Wildman–Crippen MR) is 96.3 cm³/mol. The van der Waals surface area contributed by atoms with Gasteiger partial charge in [-0.2, -0.15) is 0 Å². The Labute approximate surface area is 147 Å². The zero-order valence-corrected chi connectivity index (χ0v) is 14.4. The number of aromatic amines is 1. The Morgan fingerprint density at radius 3 is 2.56 bits per heavy atom. The molecule has 25 heavy (non-hydrogen) atoms. The second kappa shape index (κ2) is 6.73. The van der Waals surface area contributed by atoms with Crippen LogP contribution in [0, 0.1) is 11.8 Å². The van der Waals surface area contributed by atoms with Gasteiger partial charge >= 0.3 is 0 Å². The van der Waals surface area contributed by atoms with Crippen LogP contribution in [0.4, 0.5) is 0 Å². The normalized spacial score (nSPS) is 29.0. The monoisotopic (exact) mass is 339 g/mol. The van der Waals surface area contributed by atoms with E-state index in [2.05, 4.69) is 27.0 Å². The molecule has 2 heterocycles. The van der Waals surface area contributed by atoms with Gasteiger partial charge < -0.3 is 15.0 Å². The Balaban J connectivity index is 1.30. The zero-order valence-electron chi connectivity index (χ0n) is 14.4. The number of aromatic nitrogens is 2. The Morgan fingerprint density at radius 1 is 1.20 bits per heavy atom. The first kappa shape index (κ1) is 16.5. The third-order valence-corrected chi connectivity index (χ3v) is 5.73. The van der Waals surface area contributed by atoms with E-state index in [1.165, 1.54) is 11.8 Å². The van der Waals surface area contributed by atoms with Gasteiger partial charge in [-0.3, -0.25) is 9.78 Å². The topological polar surface area (TPSA) is 69.2 Å². The summed E-state index contributed by atoms with van der Waals surface area (Å²) in [7, 11) is 0. The highest BCUT2D eigenvalue weighted by molar-refractivity contribution is 5.18. The van der Waals surface area contributed by atoms with Crippen LogP contribution >= 0.6 is 0 Å². The van der Waals surface area contributed by atoms with Crippen molar-refractivity contribution in [1.82, 2.24) is 14.9 Å². The first-order chi connectivity index (χ1) is 12.1. The smallest absolute Gasteiger partial charge is 0.266 e. The molecule has 5 heteroatoms. The van der Waals surface area contributed by atoms with Crippen molar-refractivity contribution in [1.29, 1.82) is 0 Å². The van der Waals surface area contributed by atoms with Crippen LogP contribution in [-0.4, -0.2) is 45.2 Å². The minimum Gasteiger partial charge on any atom is -0.390 e. The van der Waals surface area contributed by atoms with E-state index in [1.807, 2.05) is 18.2 Å². The highest BCUT2D eigenvalue weighted by Crippen LogP contribution is 2.45. The van der Waals surface area contributed by atoms with Crippen LogP contribution in [0.1, 0.15) is 24.1 Å². The summed E-state index contributed by atoms with van der Waals surface area (Å²) in [6, 6.07) is 10.3. The highest BCUT2D eigenvalue weighted by atomic mass is 16.3. The van der Waals surface area contributed by atoms with Crippen molar-refractivity contribution < 1.29 is 5.11 Å². The minimum absolute atomic E-state index is 0.155. The molecule has 2 unspecified atom stereocenters. The summed E-state index contributed by atoms with van der Waals surface area (Å²) in [5.74, 6) is 1.19. The molecule has 1 aliphatic carbocycles. The van der Waals surface area contributed by atoms with Crippen LogP contribution < -0.4 is 5.56 Å². The van der Waals surface area contributed by atoms with Crippen molar-refractivity contribution in [2.75, 3.05) is 19.6 Å². The van der Waals surface area contributed by atoms with Gasteiger partial charge in [0.25, 0.3) is 5.56 Å². The standard InChI is InChI=1S/C20H25N3O2/c24-19-12-21-18(11-22-19)6-7-23-13-16-9-20(25,10-17(16)14-23)8-15-4-2-1-3-5-15/h1-5,11-12,16-17,25H,6-10,13-14H2,(H,22,24)/t16-,17?,20?/m0/s1. The lowest BCUT2D eigenvalue weighted by atomic mass is 9.91. The summed E-state index contributed by atoms with van der Waals surface area (Å²) in [6.45, 7) is 3.08. The van der Waals surface area contributed by atoms with Crippen molar-refractivity contribution in [2.45, 2.75) is 31.3 Å². The Bertz CT molecular complexity index is 740. The molecule has 0 amide bonds. The molecule has 2 aromatic rings. The van der Waals surface area contributed by atoms with Crippen LogP contribution in [0.2, 0.25) is 0 Å². The number of fused-ring (bicyclic) bond motifs is 1. The van der Waals surface area contributed by atoms with Crippen LogP contribution in [0.25, 0.3) is 0 Å². The molecule has 2 N–H and O–H groups in total. The lowest BCUT2D eigenvalue weighted by Gasteiger charge is -2.26. The third kappa shape index (κ3) is 3.83. The van der Waals surface area contributed by atoms with Crippen LogP contribution in [-0.2, 0) is 12.8 Å². The summed E-state index contributed by atoms with van der Waals surface area (Å²) in [6.07, 6.45) is 6.47. The van der Waals surface area contributed by atoms with Gasteiger partial charge in [-0.25, -0.2) is 0 Å². The summed E-state index contributed by atoms with van der Waals surface area (Å²) in [5.41, 5.74) is 1.46. The summed E-state index contributed by atoms with van der Waals surface area (Å²) in [5, 5.41) is 11.0. The van der Waals surface area contributed by atoms with E-state index < -0.39 is 5.60 Å². The average molecular weight is 339 g/mol. The molecule has 1 saturated heterocycles. The number of aliphatic hydroxyl groups is 1. The first-order valence-electron chi connectivity index (χ1n) is 9.12. The van der Waals surface area contributed by atoms with Crippen molar-refractivity contribution in [2.24, 2.45) is 11.8 Å². The first-order valence-corrected chi connectivity index (χ1v) is 9.12. The van der Waals surface area contributed by atoms with Crippen LogP contribution in [0.15, 0.2) is 47.5 Å². The molecule has 5 nitrogen and oxygen atoms in total. The molecule has 2 fully saturated rings. The predicted octanol–water partition coefficient (Wildman–Crippen LogP) is 1.63. The molecule has 0 spiro atoms. The van der Waals surface area contributed by atoms with Crippen molar-refractivity contribution in [3.05, 3.63) is 64.3 Å². The molecule has 4 rings (SSSR count). The van der Waals surface area contributed by atoms with E-state index in [1.54, 1.807) is 6.20 Å². The largest absolute Gasteiger partial charge is 0.390 e. The molecule has 1 aliphatic heterocycles. The fourth-order valence-electron chi connectivity index (χ4n) is 4.64. The van der Waals surface area contributed by atoms with Crippen molar-refractivity contribution in [3.63, 3.8) is 0 Å². The highest BCUT2D eigenvalue weighted by Gasteiger charge is 2.47. The average Bonchev–Trinajstić information content (AvgIpc) is 3.09. The van der Waals surface area contributed by atoms with Gasteiger partial charge in [-0.1, -0.05) is 30.3 Å². The van der Waals surface area contributed by atoms with Gasteiger partial charge in [0.15, 0.2) is 0 Å². The van der Waals surface area contributed by atoms with E-state index in [0.717, 1.165) is 51.0 Å². The molecular formula is C20H25N3O2. The van der Waals surface area contributed by atoms with Crippen LogP contribution in [0.5, 0.6) is 0 Å². The fraction of sp³-hybridized carbons (Fsp3) is 0.500. The van der Waals surface area contributed by atoms with Gasteiger partial charge in [0.1, 0.15) is 0 Å². The van der Waals surface area contributed by atoms with E-state index in [9.17, 15) is 9.90 Å². The minimum atomic E-state index is -0.538. The molecule has 2 aliphatic rings. The Morgan fingerprint density at radius 2 is 1.92 bits per heavy atom. The molecule has 0 bridgehead atoms. The van der Waals surface area contributed by atoms with Gasteiger partial charge in [0.05, 0.1) is 17.5 Å². The molecule has 1 saturated carbocycles. The second-order valence-electron chi connectivity index (χ2n) is 7.73. The number of hydrogen-bond donors (Lipinski definition) is 2. The summed E-state index contributed by atoms with van der Waals surface area (Å²) >= 11 is 0. The molecule has 1 aromatic carbocycles. The lowest BCUT2D eigenvalue weighted by molar-refractivity contribution is 0.0355. The maximum Gasteiger partial charge on any atom is 0.266 e. The third-order valence-electron chi connectivity index (χ3n) is 5.73. The lowest BCUT2D eigenvalue weighted by Crippen LogP contribution is -2.32. The van der Waals surface area contributed by atoms with E-state index in [-0.39, 0.29) is 5.56 Å². The maximum absolute atomic E-state index is 11.1. The molecule has 0 radical (unpaired) electrons. The van der Waals surface area contributed by atoms with Gasteiger partial charge in [-0.15, -0.1) is 0 Å². The van der Waals surface area contributed by atoms with Gasteiger partial charge in [0, 0.05) is 38.7 Å². The van der Waals surface area contributed by atoms with Crippen molar-refractivity contribution >= 4 is 0 Å². The molecule has 1 aromatic heterocycles. The Kier molecular flexibility index (Phi) is 4.44. The SMILES string of the molecule is O=c1cnc(CCN2CC3CC(O)(Cc4ccccc4)C[C@H]3C2)c[nH]1. The number of nitrogens with one attached hydrogen (secondary N) is 1. The van der Waals surface area contributed by atoms with Gasteiger partial charge in [-0.05, 0) is 30.2 Å². The van der Waals surface area contributed by atoms with E-state index in [4.69, 9.17) is 0 Å². The number of benzene rings is 1. The molecule has 132 valence electrons. The molecular weight excluding hydrogens is 314 g/mol. The zero-order chi connectivity index (χ0) is 17.3. The molecule has 3 atom stereocenters. The maximum atomic E-state index is 11.1. The van der Waals surface area contributed by atoms with Crippen molar-refractivity contribution in [3.8, 4) is 0 Å². The number of hydrogen-bond acceptors (Lipinski definition) is 4. The number of H-pyrrole nitrogens is 1. The quantitative estimate of drug-likeness (QED) is 0.869. The second-order valence-corrected chi connectivity index (χ2v) is 7.73. The Hall–Kier alpha value is -1.98. The van der Waals surface area contributed by atoms with Gasteiger partial charge in [0.2, 0.25) is 0 Å². The fourth-order valence-corrected chi connectivity index (χ4v) is 4.64. The summed E-state index contributed by atoms with van der Waals surface area (Å²) in [4.78, 5) is 20.4. The van der Waals surface area contributed by atoms with Crippen LogP contribution in [0.3, 0.4) is 0 Å². The number of nitrogens with zero attached hydrogens (tertiary/aromatic N) is 2. The number of likely N-dealkylation sites (tertiary alicyclic amines) is 1.